The summed E-state index contributed by atoms with van der Waals surface area (Å²) >= 11 is 0. The Kier molecular flexibility index (Phi) is 14.1. The molecule has 0 aliphatic carbocycles. The standard InChI is InChI=1S/C19H41NO3/c1-5-19(22,20-4)18(21)16-23-15-13-11-9-7-6-8-10-12-14-17(2)3/h17-18,20-22H,5-16H2,1-4H3. The van der Waals surface area contributed by atoms with Crippen molar-refractivity contribution in [2.24, 2.45) is 5.92 Å². The second-order valence-corrected chi connectivity index (χ2v) is 7.13. The van der Waals surface area contributed by atoms with Crippen LogP contribution in [-0.2, 0) is 4.74 Å². The first-order chi connectivity index (χ1) is 11.0. The number of aliphatic hydroxyl groups is 2. The Hall–Kier alpha value is -0.160. The van der Waals surface area contributed by atoms with Crippen LogP contribution in [0.5, 0.6) is 0 Å². The number of likely N-dealkylation sites (N-methyl/N-ethyl adjacent to an activating group) is 1. The maximum Gasteiger partial charge on any atom is 0.143 e. The zero-order valence-corrected chi connectivity index (χ0v) is 15.9. The second-order valence-electron chi connectivity index (χ2n) is 7.13. The third-order valence-electron chi connectivity index (χ3n) is 4.62. The third-order valence-corrected chi connectivity index (χ3v) is 4.62. The molecular weight excluding hydrogens is 290 g/mol. The number of rotatable bonds is 16. The van der Waals surface area contributed by atoms with Gasteiger partial charge in [-0.15, -0.1) is 0 Å². The molecule has 140 valence electrons. The van der Waals surface area contributed by atoms with E-state index in [4.69, 9.17) is 4.74 Å². The maximum absolute atomic E-state index is 10.0. The Labute approximate surface area is 144 Å². The highest BCUT2D eigenvalue weighted by molar-refractivity contribution is 4.80. The highest BCUT2D eigenvalue weighted by Gasteiger charge is 2.31. The molecule has 2 unspecified atom stereocenters. The van der Waals surface area contributed by atoms with Gasteiger partial charge in [0.25, 0.3) is 0 Å². The molecule has 0 bridgehead atoms. The fourth-order valence-electron chi connectivity index (χ4n) is 2.73. The van der Waals surface area contributed by atoms with E-state index in [-0.39, 0.29) is 6.61 Å². The smallest absolute Gasteiger partial charge is 0.143 e. The van der Waals surface area contributed by atoms with Crippen molar-refractivity contribution in [2.45, 2.75) is 96.8 Å². The minimum absolute atomic E-state index is 0.182. The molecule has 4 heteroatoms. The summed E-state index contributed by atoms with van der Waals surface area (Å²) < 4.78 is 5.48. The van der Waals surface area contributed by atoms with Gasteiger partial charge in [0.15, 0.2) is 0 Å². The van der Waals surface area contributed by atoms with Crippen molar-refractivity contribution < 1.29 is 14.9 Å². The summed E-state index contributed by atoms with van der Waals surface area (Å²) in [4.78, 5) is 0. The van der Waals surface area contributed by atoms with Crippen LogP contribution in [0.3, 0.4) is 0 Å². The van der Waals surface area contributed by atoms with Gasteiger partial charge in [-0.1, -0.05) is 72.1 Å². The minimum Gasteiger partial charge on any atom is -0.386 e. The largest absolute Gasteiger partial charge is 0.386 e. The zero-order chi connectivity index (χ0) is 17.6. The number of aliphatic hydroxyl groups excluding tert-OH is 1. The summed E-state index contributed by atoms with van der Waals surface area (Å²) in [7, 11) is 1.65. The molecule has 0 fully saturated rings. The quantitative estimate of drug-likeness (QED) is 0.297. The summed E-state index contributed by atoms with van der Waals surface area (Å²) in [5, 5.41) is 22.7. The van der Waals surface area contributed by atoms with E-state index in [0.29, 0.717) is 13.0 Å². The molecule has 2 atom stereocenters. The van der Waals surface area contributed by atoms with Crippen LogP contribution in [0.1, 0.15) is 85.0 Å². The molecule has 0 rings (SSSR count). The highest BCUT2D eigenvalue weighted by Crippen LogP contribution is 2.13. The summed E-state index contributed by atoms with van der Waals surface area (Å²) in [6.07, 6.45) is 11.2. The van der Waals surface area contributed by atoms with Crippen LogP contribution in [-0.4, -0.2) is 42.3 Å². The fourth-order valence-corrected chi connectivity index (χ4v) is 2.73. The molecule has 4 nitrogen and oxygen atoms in total. The van der Waals surface area contributed by atoms with Crippen molar-refractivity contribution >= 4 is 0 Å². The Balaban J connectivity index is 3.34. The van der Waals surface area contributed by atoms with Crippen LogP contribution in [0.4, 0.5) is 0 Å². The van der Waals surface area contributed by atoms with E-state index >= 15 is 0 Å². The number of unbranched alkanes of at least 4 members (excludes halogenated alkanes) is 7. The van der Waals surface area contributed by atoms with E-state index in [1.165, 1.54) is 51.4 Å². The molecule has 0 radical (unpaired) electrons. The number of ether oxygens (including phenoxy) is 1. The van der Waals surface area contributed by atoms with Crippen molar-refractivity contribution in [2.75, 3.05) is 20.3 Å². The molecule has 0 saturated carbocycles. The van der Waals surface area contributed by atoms with Gasteiger partial charge >= 0.3 is 0 Å². The number of hydrogen-bond donors (Lipinski definition) is 3. The lowest BCUT2D eigenvalue weighted by atomic mass is 10.0. The number of nitrogens with one attached hydrogen (secondary N) is 1. The molecule has 23 heavy (non-hydrogen) atoms. The van der Waals surface area contributed by atoms with Gasteiger partial charge in [0, 0.05) is 6.61 Å². The van der Waals surface area contributed by atoms with Gasteiger partial charge < -0.3 is 14.9 Å². The molecule has 0 aliphatic rings. The Morgan fingerprint density at radius 3 is 1.96 bits per heavy atom. The summed E-state index contributed by atoms with van der Waals surface area (Å²) in [5.74, 6) is 0.843. The van der Waals surface area contributed by atoms with Crippen LogP contribution in [0.2, 0.25) is 0 Å². The molecule has 0 aromatic rings. The van der Waals surface area contributed by atoms with Gasteiger partial charge in [-0.2, -0.15) is 0 Å². The molecule has 3 N–H and O–H groups in total. The Bertz CT molecular complexity index is 255. The Morgan fingerprint density at radius 1 is 0.957 bits per heavy atom. The van der Waals surface area contributed by atoms with Gasteiger partial charge in [0.1, 0.15) is 11.8 Å². The SMILES string of the molecule is CCC(O)(NC)C(O)COCCCCCCCCCCC(C)C. The maximum atomic E-state index is 10.0. The normalized spacial score (nSPS) is 15.8. The van der Waals surface area contributed by atoms with Gasteiger partial charge in [0.05, 0.1) is 6.61 Å². The van der Waals surface area contributed by atoms with Gasteiger partial charge in [-0.3, -0.25) is 5.32 Å². The first-order valence-corrected chi connectivity index (χ1v) is 9.63. The van der Waals surface area contributed by atoms with E-state index in [2.05, 4.69) is 19.2 Å². The molecule has 0 saturated heterocycles. The molecule has 0 aromatic carbocycles. The monoisotopic (exact) mass is 331 g/mol. The predicted octanol–water partition coefficient (Wildman–Crippen LogP) is 3.85. The van der Waals surface area contributed by atoms with E-state index < -0.39 is 11.8 Å². The van der Waals surface area contributed by atoms with Crippen molar-refractivity contribution in [3.63, 3.8) is 0 Å². The lowest BCUT2D eigenvalue weighted by Crippen LogP contribution is -2.54. The van der Waals surface area contributed by atoms with Gasteiger partial charge in [-0.25, -0.2) is 0 Å². The topological polar surface area (TPSA) is 61.7 Å². The van der Waals surface area contributed by atoms with Crippen LogP contribution in [0.15, 0.2) is 0 Å². The molecular formula is C19H41NO3. The first kappa shape index (κ1) is 22.8. The van der Waals surface area contributed by atoms with Crippen LogP contribution < -0.4 is 5.32 Å². The van der Waals surface area contributed by atoms with E-state index in [1.54, 1.807) is 7.05 Å². The Morgan fingerprint density at radius 2 is 1.48 bits per heavy atom. The summed E-state index contributed by atoms with van der Waals surface area (Å²) in [5.41, 5.74) is -1.24. The third kappa shape index (κ3) is 11.9. The van der Waals surface area contributed by atoms with Crippen molar-refractivity contribution in [3.8, 4) is 0 Å². The molecule has 0 spiro atoms. The average Bonchev–Trinajstić information content (AvgIpc) is 2.54. The molecule has 0 heterocycles. The van der Waals surface area contributed by atoms with Crippen LogP contribution >= 0.6 is 0 Å². The van der Waals surface area contributed by atoms with Gasteiger partial charge in [-0.05, 0) is 25.8 Å². The molecule has 0 aromatic heterocycles. The summed E-state index contributed by atoms with van der Waals surface area (Å²) in [6, 6.07) is 0. The van der Waals surface area contributed by atoms with Crippen molar-refractivity contribution in [1.29, 1.82) is 0 Å². The van der Waals surface area contributed by atoms with E-state index in [0.717, 1.165) is 12.3 Å². The van der Waals surface area contributed by atoms with Gasteiger partial charge in [0.2, 0.25) is 0 Å². The number of hydrogen-bond acceptors (Lipinski definition) is 4. The molecule has 0 amide bonds. The lowest BCUT2D eigenvalue weighted by molar-refractivity contribution is -0.124. The predicted molar refractivity (Wildman–Crippen MR) is 97.5 cm³/mol. The second kappa shape index (κ2) is 14.2. The fraction of sp³-hybridized carbons (Fsp3) is 1.00. The van der Waals surface area contributed by atoms with Crippen molar-refractivity contribution in [3.05, 3.63) is 0 Å². The first-order valence-electron chi connectivity index (χ1n) is 9.63. The lowest BCUT2D eigenvalue weighted by Gasteiger charge is -2.31. The van der Waals surface area contributed by atoms with E-state index in [9.17, 15) is 10.2 Å². The van der Waals surface area contributed by atoms with Crippen LogP contribution in [0.25, 0.3) is 0 Å². The highest BCUT2D eigenvalue weighted by atomic mass is 16.5. The molecule has 0 aliphatic heterocycles. The summed E-state index contributed by atoms with van der Waals surface area (Å²) in [6.45, 7) is 7.27. The average molecular weight is 332 g/mol. The minimum atomic E-state index is -1.24. The zero-order valence-electron chi connectivity index (χ0n) is 15.9. The van der Waals surface area contributed by atoms with Crippen LogP contribution in [0, 0.1) is 5.92 Å². The van der Waals surface area contributed by atoms with E-state index in [1.807, 2.05) is 6.92 Å². The van der Waals surface area contributed by atoms with Crippen molar-refractivity contribution in [1.82, 2.24) is 5.32 Å².